The first-order valence-corrected chi connectivity index (χ1v) is 8.43. The Morgan fingerprint density at radius 1 is 1.26 bits per heavy atom. The monoisotopic (exact) mass is 406 g/mol. The summed E-state index contributed by atoms with van der Waals surface area (Å²) in [6.45, 7) is 8.71. The van der Waals surface area contributed by atoms with Crippen molar-refractivity contribution in [1.29, 1.82) is 0 Å². The molecule has 0 saturated carbocycles. The lowest BCUT2D eigenvalue weighted by molar-refractivity contribution is 0.604. The molecule has 0 atom stereocenters. The molecule has 0 aliphatic carbocycles. The minimum Gasteiger partial charge on any atom is -0.231 e. The lowest BCUT2D eigenvalue weighted by atomic mass is 9.95. The third kappa shape index (κ3) is 3.28. The second kappa shape index (κ2) is 5.66. The third-order valence-corrected chi connectivity index (χ3v) is 6.01. The summed E-state index contributed by atoms with van der Waals surface area (Å²) in [5, 5.41) is 0.549. The summed E-state index contributed by atoms with van der Waals surface area (Å²) < 4.78 is 0.957. The Bertz CT molecular complexity index is 602. The van der Waals surface area contributed by atoms with Gasteiger partial charge in [-0.1, -0.05) is 39.3 Å². The first kappa shape index (κ1) is 15.2. The van der Waals surface area contributed by atoms with Gasteiger partial charge in [0.25, 0.3) is 0 Å². The molecule has 0 saturated heterocycles. The van der Waals surface area contributed by atoms with Crippen LogP contribution in [0.5, 0.6) is 0 Å². The number of hydrogen-bond acceptors (Lipinski definition) is 3. The molecule has 0 aliphatic heterocycles. The molecule has 19 heavy (non-hydrogen) atoms. The van der Waals surface area contributed by atoms with Crippen LogP contribution < -0.4 is 0 Å². The van der Waals surface area contributed by atoms with Crippen molar-refractivity contribution in [3.8, 4) is 10.7 Å². The fraction of sp³-hybridized carbons (Fsp3) is 0.429. The normalized spacial score (nSPS) is 11.9. The van der Waals surface area contributed by atoms with Crippen molar-refractivity contribution in [2.75, 3.05) is 0 Å². The molecule has 5 heteroatoms. The van der Waals surface area contributed by atoms with E-state index in [9.17, 15) is 0 Å². The summed E-state index contributed by atoms with van der Waals surface area (Å²) in [5.41, 5.74) is 1.17. The second-order valence-corrected chi connectivity index (χ2v) is 7.89. The maximum absolute atomic E-state index is 6.19. The van der Waals surface area contributed by atoms with Crippen LogP contribution in [0.1, 0.15) is 38.3 Å². The van der Waals surface area contributed by atoms with E-state index in [1.54, 1.807) is 11.3 Å². The topological polar surface area (TPSA) is 25.8 Å². The van der Waals surface area contributed by atoms with Gasteiger partial charge in [-0.25, -0.2) is 9.97 Å². The Balaban J connectivity index is 2.48. The zero-order chi connectivity index (χ0) is 14.2. The van der Waals surface area contributed by atoms with Gasteiger partial charge >= 0.3 is 0 Å². The van der Waals surface area contributed by atoms with Crippen LogP contribution in [-0.2, 0) is 11.8 Å². The van der Waals surface area contributed by atoms with E-state index in [1.807, 2.05) is 0 Å². The molecule has 2 rings (SSSR count). The standard InChI is InChI=1S/C14H16ClIN2S/c1-5-8-11(16)12(15)18-13(17-8)9-6-7-10(19-9)14(2,3)4/h6-7H,5H2,1-4H3. The van der Waals surface area contributed by atoms with Crippen molar-refractivity contribution >= 4 is 45.5 Å². The molecule has 0 amide bonds. The molecule has 0 radical (unpaired) electrons. The molecule has 0 bridgehead atoms. The number of rotatable bonds is 2. The van der Waals surface area contributed by atoms with Crippen LogP contribution in [0.4, 0.5) is 0 Å². The van der Waals surface area contributed by atoms with Crippen LogP contribution in [-0.4, -0.2) is 9.97 Å². The average Bonchev–Trinajstić information content (AvgIpc) is 2.81. The van der Waals surface area contributed by atoms with E-state index >= 15 is 0 Å². The number of hydrogen-bond donors (Lipinski definition) is 0. The van der Waals surface area contributed by atoms with Crippen molar-refractivity contribution in [1.82, 2.24) is 9.97 Å². The summed E-state index contributed by atoms with van der Waals surface area (Å²) in [7, 11) is 0. The summed E-state index contributed by atoms with van der Waals surface area (Å²) in [6.07, 6.45) is 0.866. The lowest BCUT2D eigenvalue weighted by Gasteiger charge is -2.15. The van der Waals surface area contributed by atoms with Crippen LogP contribution in [0.3, 0.4) is 0 Å². The van der Waals surface area contributed by atoms with Crippen molar-refractivity contribution in [2.45, 2.75) is 39.5 Å². The van der Waals surface area contributed by atoms with Gasteiger partial charge in [-0.3, -0.25) is 0 Å². The number of thiophene rings is 1. The van der Waals surface area contributed by atoms with E-state index in [0.29, 0.717) is 5.15 Å². The van der Waals surface area contributed by atoms with Crippen molar-refractivity contribution in [3.05, 3.63) is 31.4 Å². The van der Waals surface area contributed by atoms with Gasteiger partial charge in [-0.2, -0.15) is 0 Å². The quantitative estimate of drug-likeness (QED) is 0.498. The summed E-state index contributed by atoms with van der Waals surface area (Å²) >= 11 is 10.1. The molecule has 2 nitrogen and oxygen atoms in total. The van der Waals surface area contributed by atoms with Gasteiger partial charge in [-0.05, 0) is 46.6 Å². The molecule has 0 spiro atoms. The lowest BCUT2D eigenvalue weighted by Crippen LogP contribution is -2.07. The number of halogens is 2. The molecule has 2 heterocycles. The molecular formula is C14H16ClIN2S. The molecule has 0 aliphatic rings. The van der Waals surface area contributed by atoms with E-state index in [4.69, 9.17) is 11.6 Å². The first-order valence-electron chi connectivity index (χ1n) is 6.15. The Labute approximate surface area is 136 Å². The maximum Gasteiger partial charge on any atom is 0.171 e. The molecule has 102 valence electrons. The van der Waals surface area contributed by atoms with E-state index in [0.717, 1.165) is 26.4 Å². The Morgan fingerprint density at radius 3 is 2.47 bits per heavy atom. The zero-order valence-electron chi connectivity index (χ0n) is 11.4. The Hall–Kier alpha value is -0.200. The molecule has 2 aromatic heterocycles. The minimum atomic E-state index is 0.156. The van der Waals surface area contributed by atoms with E-state index < -0.39 is 0 Å². The highest BCUT2D eigenvalue weighted by molar-refractivity contribution is 14.1. The number of aromatic nitrogens is 2. The zero-order valence-corrected chi connectivity index (χ0v) is 15.2. The second-order valence-electron chi connectivity index (χ2n) is 5.37. The third-order valence-electron chi connectivity index (χ3n) is 2.78. The van der Waals surface area contributed by atoms with Gasteiger partial charge in [-0.15, -0.1) is 11.3 Å². The molecule has 0 unspecified atom stereocenters. The van der Waals surface area contributed by atoms with E-state index in [2.05, 4.69) is 72.4 Å². The predicted molar refractivity (Wildman–Crippen MR) is 91.2 cm³/mol. The van der Waals surface area contributed by atoms with Crippen LogP contribution in [0.25, 0.3) is 10.7 Å². The van der Waals surface area contributed by atoms with Crippen molar-refractivity contribution in [2.24, 2.45) is 0 Å². The highest BCUT2D eigenvalue weighted by atomic mass is 127. The van der Waals surface area contributed by atoms with Crippen LogP contribution in [0.2, 0.25) is 5.15 Å². The van der Waals surface area contributed by atoms with Gasteiger partial charge in [0.05, 0.1) is 14.1 Å². The van der Waals surface area contributed by atoms with E-state index in [1.165, 1.54) is 4.88 Å². The number of nitrogens with zero attached hydrogens (tertiary/aromatic N) is 2. The molecular weight excluding hydrogens is 391 g/mol. The van der Waals surface area contributed by atoms with Gasteiger partial charge in [0.15, 0.2) is 5.82 Å². The average molecular weight is 407 g/mol. The van der Waals surface area contributed by atoms with Gasteiger partial charge < -0.3 is 0 Å². The van der Waals surface area contributed by atoms with Crippen LogP contribution >= 0.6 is 45.5 Å². The molecule has 2 aromatic rings. The highest BCUT2D eigenvalue weighted by Crippen LogP contribution is 2.34. The van der Waals surface area contributed by atoms with Crippen molar-refractivity contribution < 1.29 is 0 Å². The Morgan fingerprint density at radius 2 is 1.95 bits per heavy atom. The van der Waals surface area contributed by atoms with Gasteiger partial charge in [0.1, 0.15) is 5.15 Å². The summed E-state index contributed by atoms with van der Waals surface area (Å²) in [4.78, 5) is 11.4. The summed E-state index contributed by atoms with van der Waals surface area (Å²) in [6, 6.07) is 4.24. The number of aryl methyl sites for hydroxylation is 1. The largest absolute Gasteiger partial charge is 0.231 e. The molecule has 0 fully saturated rings. The summed E-state index contributed by atoms with van der Waals surface area (Å²) in [5.74, 6) is 0.739. The first-order chi connectivity index (χ1) is 8.82. The fourth-order valence-corrected chi connectivity index (χ4v) is 3.48. The van der Waals surface area contributed by atoms with Crippen molar-refractivity contribution in [3.63, 3.8) is 0 Å². The highest BCUT2D eigenvalue weighted by Gasteiger charge is 2.18. The minimum absolute atomic E-state index is 0.156. The van der Waals surface area contributed by atoms with E-state index in [-0.39, 0.29) is 5.41 Å². The smallest absolute Gasteiger partial charge is 0.171 e. The maximum atomic E-state index is 6.19. The predicted octanol–water partition coefficient (Wildman–Crippen LogP) is 5.32. The van der Waals surface area contributed by atoms with Gasteiger partial charge in [0, 0.05) is 4.88 Å². The SMILES string of the molecule is CCc1nc(-c2ccc(C(C)(C)C)s2)nc(Cl)c1I. The van der Waals surface area contributed by atoms with Gasteiger partial charge in [0.2, 0.25) is 0 Å². The van der Waals surface area contributed by atoms with Crippen LogP contribution in [0, 0.1) is 3.57 Å². The Kier molecular flexibility index (Phi) is 4.52. The molecule has 0 N–H and O–H groups in total. The van der Waals surface area contributed by atoms with Crippen LogP contribution in [0.15, 0.2) is 12.1 Å². The fourth-order valence-electron chi connectivity index (χ4n) is 1.67. The molecule has 0 aromatic carbocycles.